The smallest absolute Gasteiger partial charge is 0.319 e. The van der Waals surface area contributed by atoms with Gasteiger partial charge in [-0.3, -0.25) is 14.5 Å². The Bertz CT molecular complexity index is 933. The Hall–Kier alpha value is -2.95. The Labute approximate surface area is 177 Å². The van der Waals surface area contributed by atoms with Crippen LogP contribution in [-0.2, 0) is 10.3 Å². The fourth-order valence-corrected chi connectivity index (χ4v) is 4.74. The van der Waals surface area contributed by atoms with Gasteiger partial charge in [0, 0.05) is 5.56 Å². The molecule has 1 atom stereocenters. The van der Waals surface area contributed by atoms with Gasteiger partial charge in [-0.1, -0.05) is 80.8 Å². The maximum absolute atomic E-state index is 13.2. The van der Waals surface area contributed by atoms with E-state index in [2.05, 4.69) is 5.32 Å². The molecule has 156 valence electrons. The van der Waals surface area contributed by atoms with Crippen LogP contribution >= 0.6 is 0 Å². The molecule has 4 rings (SSSR count). The minimum Gasteiger partial charge on any atom is -0.319 e. The number of rotatable bonds is 6. The summed E-state index contributed by atoms with van der Waals surface area (Å²) in [5.41, 5.74) is 1.43. The van der Waals surface area contributed by atoms with Crippen LogP contribution in [0.4, 0.5) is 4.79 Å². The average molecular weight is 405 g/mol. The molecule has 2 aromatic carbocycles. The number of carbonyl (C=O) groups excluding carboxylic acids is 3. The van der Waals surface area contributed by atoms with Crippen LogP contribution in [0, 0.1) is 0 Å². The third kappa shape index (κ3) is 3.64. The quantitative estimate of drug-likeness (QED) is 0.557. The van der Waals surface area contributed by atoms with E-state index in [4.69, 9.17) is 0 Å². The first-order valence-electron chi connectivity index (χ1n) is 10.9. The highest BCUT2D eigenvalue weighted by Gasteiger charge is 2.51. The van der Waals surface area contributed by atoms with Crippen LogP contribution < -0.4 is 5.32 Å². The summed E-state index contributed by atoms with van der Waals surface area (Å²) in [5.74, 6) is -0.0214. The highest BCUT2D eigenvalue weighted by molar-refractivity contribution is 6.11. The lowest BCUT2D eigenvalue weighted by Gasteiger charge is -2.25. The van der Waals surface area contributed by atoms with Crippen molar-refractivity contribution < 1.29 is 14.4 Å². The first-order chi connectivity index (χ1) is 14.5. The van der Waals surface area contributed by atoms with Gasteiger partial charge < -0.3 is 5.32 Å². The maximum Gasteiger partial charge on any atom is 0.325 e. The number of ketones is 1. The second-order valence-electron chi connectivity index (χ2n) is 8.33. The van der Waals surface area contributed by atoms with Gasteiger partial charge in [-0.2, -0.15) is 0 Å². The van der Waals surface area contributed by atoms with Crippen molar-refractivity contribution >= 4 is 17.7 Å². The van der Waals surface area contributed by atoms with Gasteiger partial charge in [0.1, 0.15) is 5.54 Å². The summed E-state index contributed by atoms with van der Waals surface area (Å²) in [6, 6.07) is 16.4. The van der Waals surface area contributed by atoms with Crippen molar-refractivity contribution in [2.45, 2.75) is 56.9 Å². The van der Waals surface area contributed by atoms with Gasteiger partial charge in [0.25, 0.3) is 5.91 Å². The highest BCUT2D eigenvalue weighted by atomic mass is 16.2. The first-order valence-corrected chi connectivity index (χ1v) is 10.9. The van der Waals surface area contributed by atoms with E-state index >= 15 is 0 Å². The Morgan fingerprint density at radius 2 is 1.67 bits per heavy atom. The lowest BCUT2D eigenvalue weighted by molar-refractivity contribution is -0.131. The third-order valence-electron chi connectivity index (χ3n) is 6.58. The maximum atomic E-state index is 13.2. The molecule has 5 heteroatoms. The number of Topliss-reactive ketones (excluding diaryl/α,β-unsaturated/α-hetero) is 1. The Balaban J connectivity index is 1.49. The molecule has 1 heterocycles. The first kappa shape index (κ1) is 20.3. The zero-order chi connectivity index (χ0) is 21.1. The van der Waals surface area contributed by atoms with Crippen molar-refractivity contribution in [3.8, 4) is 0 Å². The summed E-state index contributed by atoms with van der Waals surface area (Å²) in [5, 5.41) is 2.83. The Kier molecular flexibility index (Phi) is 5.71. The van der Waals surface area contributed by atoms with Crippen molar-refractivity contribution in [1.82, 2.24) is 10.2 Å². The Morgan fingerprint density at radius 3 is 2.30 bits per heavy atom. The molecule has 0 bridgehead atoms. The zero-order valence-electron chi connectivity index (χ0n) is 17.4. The van der Waals surface area contributed by atoms with E-state index in [1.54, 1.807) is 0 Å². The number of carbonyl (C=O) groups is 3. The molecule has 0 unspecified atom stereocenters. The predicted octanol–water partition coefficient (Wildman–Crippen LogP) is 4.77. The normalized spacial score (nSPS) is 22.2. The van der Waals surface area contributed by atoms with Crippen LogP contribution in [0.5, 0.6) is 0 Å². The molecule has 2 aliphatic rings. The number of hydrogen-bond donors (Lipinski definition) is 1. The molecule has 5 nitrogen and oxygen atoms in total. The number of benzene rings is 2. The van der Waals surface area contributed by atoms with Crippen molar-refractivity contribution in [2.24, 2.45) is 0 Å². The number of nitrogens with one attached hydrogen (secondary N) is 1. The van der Waals surface area contributed by atoms with Crippen LogP contribution in [0.15, 0.2) is 54.6 Å². The van der Waals surface area contributed by atoms with Gasteiger partial charge in [-0.05, 0) is 36.3 Å². The number of hydrogen-bond acceptors (Lipinski definition) is 3. The molecule has 30 heavy (non-hydrogen) atoms. The molecule has 0 aromatic heterocycles. The lowest BCUT2D eigenvalue weighted by atomic mass is 9.84. The summed E-state index contributed by atoms with van der Waals surface area (Å²) in [4.78, 5) is 39.7. The molecule has 1 aliphatic carbocycles. The minimum absolute atomic E-state index is 0.228. The third-order valence-corrected chi connectivity index (χ3v) is 6.58. The van der Waals surface area contributed by atoms with Crippen LogP contribution in [-0.4, -0.2) is 29.2 Å². The van der Waals surface area contributed by atoms with E-state index in [0.29, 0.717) is 17.9 Å². The van der Waals surface area contributed by atoms with Crippen LogP contribution in [0.1, 0.15) is 72.9 Å². The molecule has 1 saturated carbocycles. The van der Waals surface area contributed by atoms with Gasteiger partial charge in [-0.15, -0.1) is 0 Å². The van der Waals surface area contributed by atoms with Crippen molar-refractivity contribution in [3.05, 3.63) is 71.3 Å². The lowest BCUT2D eigenvalue weighted by Crippen LogP contribution is -2.43. The molecular weight excluding hydrogens is 376 g/mol. The standard InChI is InChI=1S/C25H28N2O3/c1-2-25(21-11-7-4-8-12-21)23(29)27(24(30)26-25)17-22(28)20-15-13-19(14-16-20)18-9-5-3-6-10-18/h4,7-8,11-16,18H,2-3,5-6,9-10,17H2,1H3,(H,26,30)/t25-/m1/s1. The fraction of sp³-hybridized carbons (Fsp3) is 0.400. The Morgan fingerprint density at radius 1 is 1.00 bits per heavy atom. The molecule has 1 aliphatic heterocycles. The summed E-state index contributed by atoms with van der Waals surface area (Å²) in [7, 11) is 0. The topological polar surface area (TPSA) is 66.5 Å². The van der Waals surface area contributed by atoms with Gasteiger partial charge in [0.15, 0.2) is 5.78 Å². The van der Waals surface area contributed by atoms with E-state index in [-0.39, 0.29) is 18.2 Å². The van der Waals surface area contributed by atoms with Gasteiger partial charge in [0.05, 0.1) is 6.54 Å². The summed E-state index contributed by atoms with van der Waals surface area (Å²) >= 11 is 0. The molecule has 0 radical (unpaired) electrons. The molecule has 2 fully saturated rings. The highest BCUT2D eigenvalue weighted by Crippen LogP contribution is 2.34. The predicted molar refractivity (Wildman–Crippen MR) is 115 cm³/mol. The van der Waals surface area contributed by atoms with E-state index in [0.717, 1.165) is 10.5 Å². The number of amides is 3. The van der Waals surface area contributed by atoms with Gasteiger partial charge in [-0.25, -0.2) is 4.79 Å². The van der Waals surface area contributed by atoms with E-state index in [1.165, 1.54) is 37.7 Å². The fourth-order valence-electron chi connectivity index (χ4n) is 4.74. The summed E-state index contributed by atoms with van der Waals surface area (Å²) in [6.07, 6.45) is 6.66. The van der Waals surface area contributed by atoms with Crippen LogP contribution in [0.3, 0.4) is 0 Å². The number of nitrogens with zero attached hydrogens (tertiary/aromatic N) is 1. The second-order valence-corrected chi connectivity index (χ2v) is 8.33. The van der Waals surface area contributed by atoms with Gasteiger partial charge >= 0.3 is 6.03 Å². The van der Waals surface area contributed by atoms with Gasteiger partial charge in [0.2, 0.25) is 0 Å². The molecule has 1 N–H and O–H groups in total. The van der Waals surface area contributed by atoms with Crippen molar-refractivity contribution in [3.63, 3.8) is 0 Å². The van der Waals surface area contributed by atoms with E-state index in [9.17, 15) is 14.4 Å². The molecule has 0 spiro atoms. The number of imide groups is 1. The summed E-state index contributed by atoms with van der Waals surface area (Å²) < 4.78 is 0. The molecule has 2 aromatic rings. The zero-order valence-corrected chi connectivity index (χ0v) is 17.4. The average Bonchev–Trinajstić information content (AvgIpc) is 3.05. The SMILES string of the molecule is CC[C@]1(c2ccccc2)NC(=O)N(CC(=O)c2ccc(C3CCCCC3)cc2)C1=O. The monoisotopic (exact) mass is 404 g/mol. The molecule has 3 amide bonds. The van der Waals surface area contributed by atoms with Crippen molar-refractivity contribution in [1.29, 1.82) is 0 Å². The number of urea groups is 1. The molecular formula is C25H28N2O3. The van der Waals surface area contributed by atoms with Crippen LogP contribution in [0.25, 0.3) is 0 Å². The van der Waals surface area contributed by atoms with E-state index in [1.807, 2.05) is 61.5 Å². The summed E-state index contributed by atoms with van der Waals surface area (Å²) in [6.45, 7) is 1.61. The second kappa shape index (κ2) is 8.42. The van der Waals surface area contributed by atoms with Crippen molar-refractivity contribution in [2.75, 3.05) is 6.54 Å². The van der Waals surface area contributed by atoms with E-state index < -0.39 is 11.6 Å². The molecule has 1 saturated heterocycles. The minimum atomic E-state index is -1.11. The van der Waals surface area contributed by atoms with Crippen LogP contribution in [0.2, 0.25) is 0 Å². The largest absolute Gasteiger partial charge is 0.325 e.